The zero-order valence-corrected chi connectivity index (χ0v) is 17.6. The summed E-state index contributed by atoms with van der Waals surface area (Å²) >= 11 is 0. The Labute approximate surface area is 173 Å². The van der Waals surface area contributed by atoms with Crippen LogP contribution in [0.2, 0.25) is 0 Å². The predicted octanol–water partition coefficient (Wildman–Crippen LogP) is 3.13. The van der Waals surface area contributed by atoms with E-state index in [9.17, 15) is 9.59 Å². The largest absolute Gasteiger partial charge is 0.381 e. The number of ether oxygens (including phenoxy) is 1. The van der Waals surface area contributed by atoms with E-state index in [1.807, 2.05) is 30.0 Å². The van der Waals surface area contributed by atoms with Gasteiger partial charge in [0.05, 0.1) is 5.41 Å². The van der Waals surface area contributed by atoms with E-state index in [1.165, 1.54) is 6.42 Å². The number of nitrogens with zero attached hydrogens (tertiary/aromatic N) is 1. The van der Waals surface area contributed by atoms with Crippen molar-refractivity contribution in [3.63, 3.8) is 0 Å². The Bertz CT molecular complexity index is 704. The number of amides is 2. The summed E-state index contributed by atoms with van der Waals surface area (Å²) in [6.07, 6.45) is 4.58. The number of rotatable bonds is 4. The van der Waals surface area contributed by atoms with Crippen molar-refractivity contribution < 1.29 is 14.3 Å². The number of carbonyl (C=O) groups is 2. The van der Waals surface area contributed by atoms with Crippen LogP contribution in [-0.2, 0) is 9.53 Å². The minimum absolute atomic E-state index is 0. The van der Waals surface area contributed by atoms with Crippen molar-refractivity contribution in [3.8, 4) is 0 Å². The standard InChI is InChI=1S/C21H31N3O3.ClH/c1-15-13-17(19(25)24-10-4-3-5-16(24)2)6-7-18(15)23-20(26)21(14-22)8-11-27-12-9-21;/h6-7,13,16H,3-5,8-12,14,22H2,1-2H3,(H,23,26);1H. The molecular weight excluding hydrogens is 378 g/mol. The summed E-state index contributed by atoms with van der Waals surface area (Å²) in [6.45, 7) is 6.28. The Balaban J connectivity index is 0.00000280. The number of anilines is 1. The molecule has 6 nitrogen and oxygen atoms in total. The quantitative estimate of drug-likeness (QED) is 0.800. The lowest BCUT2D eigenvalue weighted by molar-refractivity contribution is -0.130. The number of piperidine rings is 1. The number of hydrogen-bond acceptors (Lipinski definition) is 4. The highest BCUT2D eigenvalue weighted by molar-refractivity contribution is 5.98. The average Bonchev–Trinajstić information content (AvgIpc) is 2.69. The lowest BCUT2D eigenvalue weighted by atomic mass is 9.79. The van der Waals surface area contributed by atoms with E-state index < -0.39 is 5.41 Å². The lowest BCUT2D eigenvalue weighted by Crippen LogP contribution is -2.46. The molecule has 2 aliphatic heterocycles. The lowest BCUT2D eigenvalue weighted by Gasteiger charge is -2.35. The molecule has 0 aliphatic carbocycles. The number of aryl methyl sites for hydroxylation is 1. The van der Waals surface area contributed by atoms with Gasteiger partial charge in [-0.3, -0.25) is 9.59 Å². The SMILES string of the molecule is Cc1cc(C(=O)N2CCCCC2C)ccc1NC(=O)C1(CN)CCOCC1.Cl. The normalized spacial score (nSPS) is 21.5. The zero-order valence-electron chi connectivity index (χ0n) is 16.8. The van der Waals surface area contributed by atoms with Gasteiger partial charge in [-0.2, -0.15) is 0 Å². The van der Waals surface area contributed by atoms with Gasteiger partial charge in [0, 0.05) is 43.6 Å². The fourth-order valence-corrected chi connectivity index (χ4v) is 4.04. The Hall–Kier alpha value is -1.63. The number of nitrogens with one attached hydrogen (secondary N) is 1. The third kappa shape index (κ3) is 4.67. The number of halogens is 1. The van der Waals surface area contributed by atoms with Gasteiger partial charge in [0.2, 0.25) is 5.91 Å². The summed E-state index contributed by atoms with van der Waals surface area (Å²) in [6, 6.07) is 5.80. The maximum Gasteiger partial charge on any atom is 0.254 e. The molecule has 2 aliphatic rings. The molecule has 1 aromatic carbocycles. The van der Waals surface area contributed by atoms with Crippen LogP contribution >= 0.6 is 12.4 Å². The third-order valence-corrected chi connectivity index (χ3v) is 6.11. The highest BCUT2D eigenvalue weighted by atomic mass is 35.5. The van der Waals surface area contributed by atoms with Gasteiger partial charge in [-0.05, 0) is 69.7 Å². The molecule has 28 heavy (non-hydrogen) atoms. The predicted molar refractivity (Wildman–Crippen MR) is 113 cm³/mol. The monoisotopic (exact) mass is 409 g/mol. The number of likely N-dealkylation sites (tertiary alicyclic amines) is 1. The van der Waals surface area contributed by atoms with Crippen LogP contribution in [0.15, 0.2) is 18.2 Å². The molecule has 0 aromatic heterocycles. The molecule has 0 bridgehead atoms. The molecule has 156 valence electrons. The third-order valence-electron chi connectivity index (χ3n) is 6.11. The minimum Gasteiger partial charge on any atom is -0.381 e. The van der Waals surface area contributed by atoms with Crippen LogP contribution < -0.4 is 11.1 Å². The molecule has 2 saturated heterocycles. The first kappa shape index (κ1) is 22.7. The van der Waals surface area contributed by atoms with Crippen LogP contribution in [0.1, 0.15) is 54.9 Å². The van der Waals surface area contributed by atoms with Crippen molar-refractivity contribution in [2.24, 2.45) is 11.1 Å². The smallest absolute Gasteiger partial charge is 0.254 e. The Morgan fingerprint density at radius 1 is 1.29 bits per heavy atom. The van der Waals surface area contributed by atoms with E-state index in [0.29, 0.717) is 38.2 Å². The van der Waals surface area contributed by atoms with Crippen molar-refractivity contribution in [1.82, 2.24) is 4.90 Å². The molecule has 3 N–H and O–H groups in total. The van der Waals surface area contributed by atoms with Gasteiger partial charge in [0.25, 0.3) is 5.91 Å². The van der Waals surface area contributed by atoms with E-state index in [0.717, 1.165) is 30.6 Å². The molecule has 1 atom stereocenters. The Kier molecular flexibility index (Phi) is 7.87. The maximum absolute atomic E-state index is 12.9. The van der Waals surface area contributed by atoms with E-state index in [-0.39, 0.29) is 30.3 Å². The molecule has 2 fully saturated rings. The van der Waals surface area contributed by atoms with Crippen molar-refractivity contribution in [2.45, 2.75) is 52.0 Å². The first-order valence-electron chi connectivity index (χ1n) is 9.98. The summed E-state index contributed by atoms with van der Waals surface area (Å²) in [5, 5.41) is 3.03. The van der Waals surface area contributed by atoms with Gasteiger partial charge in [-0.25, -0.2) is 0 Å². The number of carbonyl (C=O) groups excluding carboxylic acids is 2. The van der Waals surface area contributed by atoms with E-state index in [1.54, 1.807) is 0 Å². The van der Waals surface area contributed by atoms with Crippen molar-refractivity contribution in [3.05, 3.63) is 29.3 Å². The summed E-state index contributed by atoms with van der Waals surface area (Å²) in [7, 11) is 0. The van der Waals surface area contributed by atoms with Crippen LogP contribution in [0.25, 0.3) is 0 Å². The zero-order chi connectivity index (χ0) is 19.4. The highest BCUT2D eigenvalue weighted by Crippen LogP contribution is 2.31. The molecule has 1 aromatic rings. The Morgan fingerprint density at radius 3 is 2.61 bits per heavy atom. The van der Waals surface area contributed by atoms with Crippen LogP contribution in [0.4, 0.5) is 5.69 Å². The highest BCUT2D eigenvalue weighted by Gasteiger charge is 2.39. The van der Waals surface area contributed by atoms with Crippen molar-refractivity contribution in [2.75, 3.05) is 31.6 Å². The van der Waals surface area contributed by atoms with Crippen LogP contribution in [0.3, 0.4) is 0 Å². The van der Waals surface area contributed by atoms with Gasteiger partial charge in [-0.1, -0.05) is 0 Å². The summed E-state index contributed by atoms with van der Waals surface area (Å²) in [4.78, 5) is 27.7. The average molecular weight is 410 g/mol. The second-order valence-electron chi connectivity index (χ2n) is 7.92. The molecule has 0 radical (unpaired) electrons. The first-order chi connectivity index (χ1) is 13.0. The molecule has 1 unspecified atom stereocenters. The second-order valence-corrected chi connectivity index (χ2v) is 7.92. The molecule has 7 heteroatoms. The maximum atomic E-state index is 12.9. The van der Waals surface area contributed by atoms with Crippen molar-refractivity contribution >= 4 is 29.9 Å². The van der Waals surface area contributed by atoms with Gasteiger partial charge in [-0.15, -0.1) is 12.4 Å². The summed E-state index contributed by atoms with van der Waals surface area (Å²) < 4.78 is 5.38. The van der Waals surface area contributed by atoms with E-state index >= 15 is 0 Å². The number of hydrogen-bond donors (Lipinski definition) is 2. The summed E-state index contributed by atoms with van der Waals surface area (Å²) in [5.74, 6) is 0.0196. The van der Waals surface area contributed by atoms with Gasteiger partial charge in [0.15, 0.2) is 0 Å². The van der Waals surface area contributed by atoms with Crippen LogP contribution in [-0.4, -0.2) is 49.1 Å². The van der Waals surface area contributed by atoms with Crippen LogP contribution in [0, 0.1) is 12.3 Å². The molecular formula is C21H32ClN3O3. The summed E-state index contributed by atoms with van der Waals surface area (Å²) in [5.41, 5.74) is 7.66. The van der Waals surface area contributed by atoms with Gasteiger partial charge < -0.3 is 20.7 Å². The topological polar surface area (TPSA) is 84.7 Å². The van der Waals surface area contributed by atoms with Gasteiger partial charge in [0.1, 0.15) is 0 Å². The van der Waals surface area contributed by atoms with E-state index in [2.05, 4.69) is 12.2 Å². The fraction of sp³-hybridized carbons (Fsp3) is 0.619. The molecule has 2 amide bonds. The van der Waals surface area contributed by atoms with Crippen LogP contribution in [0.5, 0.6) is 0 Å². The van der Waals surface area contributed by atoms with E-state index in [4.69, 9.17) is 10.5 Å². The second kappa shape index (κ2) is 9.72. The molecule has 0 saturated carbocycles. The Morgan fingerprint density at radius 2 is 2.00 bits per heavy atom. The fourth-order valence-electron chi connectivity index (χ4n) is 4.04. The number of nitrogens with two attached hydrogens (primary N) is 1. The molecule has 2 heterocycles. The molecule has 3 rings (SSSR count). The molecule has 0 spiro atoms. The first-order valence-corrected chi connectivity index (χ1v) is 9.98. The van der Waals surface area contributed by atoms with Crippen molar-refractivity contribution in [1.29, 1.82) is 0 Å². The van der Waals surface area contributed by atoms with Gasteiger partial charge >= 0.3 is 0 Å². The minimum atomic E-state index is -0.567. The number of benzene rings is 1.